The highest BCUT2D eigenvalue weighted by molar-refractivity contribution is 14.1. The molecule has 0 saturated heterocycles. The highest BCUT2D eigenvalue weighted by Crippen LogP contribution is 2.25. The van der Waals surface area contributed by atoms with Gasteiger partial charge in [0.25, 0.3) is 0 Å². The zero-order chi connectivity index (χ0) is 13.7. The van der Waals surface area contributed by atoms with Crippen molar-refractivity contribution in [3.8, 4) is 5.75 Å². The molecule has 2 aromatic carbocycles. The fourth-order valence-electron chi connectivity index (χ4n) is 1.84. The van der Waals surface area contributed by atoms with Crippen LogP contribution in [0.5, 0.6) is 5.75 Å². The van der Waals surface area contributed by atoms with Gasteiger partial charge in [-0.3, -0.25) is 0 Å². The average molecular weight is 388 g/mol. The highest BCUT2D eigenvalue weighted by Gasteiger charge is 2.06. The van der Waals surface area contributed by atoms with Crippen molar-refractivity contribution in [2.45, 2.75) is 13.1 Å². The van der Waals surface area contributed by atoms with Crippen LogP contribution in [0.3, 0.4) is 0 Å². The Morgan fingerprint density at radius 2 is 1.84 bits per heavy atom. The molecule has 2 nitrogen and oxygen atoms in total. The Labute approximate surface area is 132 Å². The second-order valence-electron chi connectivity index (χ2n) is 4.15. The van der Waals surface area contributed by atoms with Crippen LogP contribution in [0, 0.1) is 3.57 Å². The van der Waals surface area contributed by atoms with Gasteiger partial charge in [0.1, 0.15) is 5.75 Å². The number of methoxy groups -OCH3 is 1. The van der Waals surface area contributed by atoms with Gasteiger partial charge in [-0.15, -0.1) is 0 Å². The third kappa shape index (κ3) is 4.09. The SMILES string of the molecule is COc1cccc(Cl)c1CNCc1ccc(I)cc1. The third-order valence-corrected chi connectivity index (χ3v) is 3.91. The molecule has 2 rings (SSSR count). The van der Waals surface area contributed by atoms with Crippen molar-refractivity contribution in [1.82, 2.24) is 5.32 Å². The van der Waals surface area contributed by atoms with Crippen LogP contribution in [0.15, 0.2) is 42.5 Å². The Balaban J connectivity index is 1.97. The van der Waals surface area contributed by atoms with E-state index in [9.17, 15) is 0 Å². The lowest BCUT2D eigenvalue weighted by atomic mass is 10.2. The van der Waals surface area contributed by atoms with Gasteiger partial charge >= 0.3 is 0 Å². The van der Waals surface area contributed by atoms with E-state index < -0.39 is 0 Å². The zero-order valence-electron chi connectivity index (χ0n) is 10.6. The highest BCUT2D eigenvalue weighted by atomic mass is 127. The molecule has 100 valence electrons. The number of hydrogen-bond acceptors (Lipinski definition) is 2. The molecule has 1 N–H and O–H groups in total. The van der Waals surface area contributed by atoms with Gasteiger partial charge in [-0.05, 0) is 52.4 Å². The van der Waals surface area contributed by atoms with Gasteiger partial charge in [-0.25, -0.2) is 0 Å². The first kappa shape index (κ1) is 14.6. The van der Waals surface area contributed by atoms with E-state index in [0.717, 1.165) is 22.9 Å². The van der Waals surface area contributed by atoms with Crippen molar-refractivity contribution >= 4 is 34.2 Å². The molecule has 0 spiro atoms. The van der Waals surface area contributed by atoms with Crippen molar-refractivity contribution in [3.63, 3.8) is 0 Å². The number of halogens is 2. The average Bonchev–Trinajstić information content (AvgIpc) is 2.42. The molecule has 2 aromatic rings. The predicted molar refractivity (Wildman–Crippen MR) is 87.7 cm³/mol. The van der Waals surface area contributed by atoms with Crippen molar-refractivity contribution in [1.29, 1.82) is 0 Å². The van der Waals surface area contributed by atoms with Crippen LogP contribution in [-0.2, 0) is 13.1 Å². The number of rotatable bonds is 5. The summed E-state index contributed by atoms with van der Waals surface area (Å²) in [6.45, 7) is 1.50. The lowest BCUT2D eigenvalue weighted by molar-refractivity contribution is 0.407. The molecule has 0 radical (unpaired) electrons. The van der Waals surface area contributed by atoms with Crippen molar-refractivity contribution < 1.29 is 4.74 Å². The summed E-state index contributed by atoms with van der Waals surface area (Å²) in [7, 11) is 1.66. The van der Waals surface area contributed by atoms with Gasteiger partial charge in [-0.1, -0.05) is 29.8 Å². The molecule has 0 atom stereocenters. The van der Waals surface area contributed by atoms with E-state index in [0.29, 0.717) is 6.54 Å². The first-order chi connectivity index (χ1) is 9.20. The summed E-state index contributed by atoms with van der Waals surface area (Å²) in [5.41, 5.74) is 2.25. The number of benzene rings is 2. The third-order valence-electron chi connectivity index (χ3n) is 2.84. The number of hydrogen-bond donors (Lipinski definition) is 1. The lowest BCUT2D eigenvalue weighted by Crippen LogP contribution is -2.13. The Morgan fingerprint density at radius 3 is 2.53 bits per heavy atom. The summed E-state index contributed by atoms with van der Waals surface area (Å²) in [6.07, 6.45) is 0. The molecule has 0 saturated carbocycles. The van der Waals surface area contributed by atoms with Crippen LogP contribution in [0.1, 0.15) is 11.1 Å². The quantitative estimate of drug-likeness (QED) is 0.775. The van der Waals surface area contributed by atoms with E-state index in [4.69, 9.17) is 16.3 Å². The van der Waals surface area contributed by atoms with Crippen molar-refractivity contribution in [2.24, 2.45) is 0 Å². The topological polar surface area (TPSA) is 21.3 Å². The molecule has 0 heterocycles. The van der Waals surface area contributed by atoms with E-state index in [1.807, 2.05) is 18.2 Å². The maximum absolute atomic E-state index is 6.19. The van der Waals surface area contributed by atoms with Crippen LogP contribution in [-0.4, -0.2) is 7.11 Å². The minimum absolute atomic E-state index is 0.689. The molecule has 0 bridgehead atoms. The lowest BCUT2D eigenvalue weighted by Gasteiger charge is -2.11. The largest absolute Gasteiger partial charge is 0.496 e. The Bertz CT molecular complexity index is 542. The van der Waals surface area contributed by atoms with E-state index in [1.165, 1.54) is 9.13 Å². The molecular weight excluding hydrogens is 373 g/mol. The molecule has 0 aliphatic heterocycles. The first-order valence-electron chi connectivity index (χ1n) is 5.97. The monoisotopic (exact) mass is 387 g/mol. The normalized spacial score (nSPS) is 10.5. The standard InChI is InChI=1S/C15H15ClINO/c1-19-15-4-2-3-14(16)13(15)10-18-9-11-5-7-12(17)8-6-11/h2-8,18H,9-10H2,1H3. The van der Waals surface area contributed by atoms with Crippen molar-refractivity contribution in [3.05, 3.63) is 62.2 Å². The van der Waals surface area contributed by atoms with E-state index in [-0.39, 0.29) is 0 Å². The van der Waals surface area contributed by atoms with Gasteiger partial charge in [0.2, 0.25) is 0 Å². The molecule has 0 amide bonds. The minimum Gasteiger partial charge on any atom is -0.496 e. The summed E-state index contributed by atoms with van der Waals surface area (Å²) in [5, 5.41) is 4.12. The molecule has 0 aliphatic rings. The second-order valence-corrected chi connectivity index (χ2v) is 5.80. The molecule has 0 aliphatic carbocycles. The molecule has 0 unspecified atom stereocenters. The summed E-state index contributed by atoms with van der Waals surface area (Å²) in [4.78, 5) is 0. The minimum atomic E-state index is 0.689. The van der Waals surface area contributed by atoms with Crippen LogP contribution < -0.4 is 10.1 Å². The maximum atomic E-state index is 6.19. The summed E-state index contributed by atoms with van der Waals surface area (Å²) >= 11 is 8.49. The fourth-order valence-corrected chi connectivity index (χ4v) is 2.43. The van der Waals surface area contributed by atoms with E-state index in [1.54, 1.807) is 7.11 Å². The molecule has 0 fully saturated rings. The van der Waals surface area contributed by atoms with Crippen LogP contribution >= 0.6 is 34.2 Å². The number of ether oxygens (including phenoxy) is 1. The van der Waals surface area contributed by atoms with Gasteiger partial charge < -0.3 is 10.1 Å². The molecular formula is C15H15ClINO. The van der Waals surface area contributed by atoms with Gasteiger partial charge in [0.05, 0.1) is 7.11 Å². The zero-order valence-corrected chi connectivity index (χ0v) is 13.5. The summed E-state index contributed by atoms with van der Waals surface area (Å²) in [5.74, 6) is 0.822. The van der Waals surface area contributed by atoms with Crippen LogP contribution in [0.2, 0.25) is 5.02 Å². The summed E-state index contributed by atoms with van der Waals surface area (Å²) in [6, 6.07) is 14.2. The van der Waals surface area contributed by atoms with Crippen LogP contribution in [0.25, 0.3) is 0 Å². The Morgan fingerprint density at radius 1 is 1.11 bits per heavy atom. The Kier molecular flexibility index (Phi) is 5.48. The predicted octanol–water partition coefficient (Wildman–Crippen LogP) is 4.24. The first-order valence-corrected chi connectivity index (χ1v) is 7.43. The second kappa shape index (κ2) is 7.12. The summed E-state index contributed by atoms with van der Waals surface area (Å²) < 4.78 is 6.56. The van der Waals surface area contributed by atoms with E-state index in [2.05, 4.69) is 52.2 Å². The van der Waals surface area contributed by atoms with E-state index >= 15 is 0 Å². The number of nitrogens with one attached hydrogen (secondary N) is 1. The molecule has 4 heteroatoms. The van der Waals surface area contributed by atoms with Gasteiger partial charge in [0, 0.05) is 27.2 Å². The molecule has 0 aromatic heterocycles. The fraction of sp³-hybridized carbons (Fsp3) is 0.200. The van der Waals surface area contributed by atoms with Gasteiger partial charge in [-0.2, -0.15) is 0 Å². The maximum Gasteiger partial charge on any atom is 0.124 e. The van der Waals surface area contributed by atoms with Gasteiger partial charge in [0.15, 0.2) is 0 Å². The Hall–Kier alpha value is -0.780. The molecule has 19 heavy (non-hydrogen) atoms. The van der Waals surface area contributed by atoms with Crippen LogP contribution in [0.4, 0.5) is 0 Å². The smallest absolute Gasteiger partial charge is 0.124 e. The van der Waals surface area contributed by atoms with Crippen molar-refractivity contribution in [2.75, 3.05) is 7.11 Å².